The van der Waals surface area contributed by atoms with Gasteiger partial charge in [0.25, 0.3) is 0 Å². The van der Waals surface area contributed by atoms with E-state index in [-0.39, 0.29) is 67.1 Å². The standard InChI is InChI=1S/C43H73NO7/c1-5-6-7-8-9-10-11-12-13-14-15-16-17-18-19-32-24-41(49,28-45)25-33-26-42(50,29-46)38-35-22-21-34(31(2)20-23-37(44)48)40(35,4)43(51,30-47)27-36(38)39(32,33)3/h28-36,38,49-51H,5-27H2,1-4H3,(H2,44,48). The van der Waals surface area contributed by atoms with Crippen LogP contribution in [0.5, 0.6) is 0 Å². The van der Waals surface area contributed by atoms with E-state index in [4.69, 9.17) is 5.73 Å². The molecule has 12 unspecified atom stereocenters. The number of unbranched alkanes of at least 4 members (excludes halogenated alkanes) is 13. The number of aliphatic hydroxyl groups is 3. The highest BCUT2D eigenvalue weighted by molar-refractivity contribution is 5.73. The van der Waals surface area contributed by atoms with Gasteiger partial charge in [-0.1, -0.05) is 118 Å². The Morgan fingerprint density at radius 2 is 1.31 bits per heavy atom. The topological polar surface area (TPSA) is 155 Å². The van der Waals surface area contributed by atoms with Crippen LogP contribution in [0.4, 0.5) is 0 Å². The molecule has 0 saturated heterocycles. The molecular weight excluding hydrogens is 642 g/mol. The molecule has 8 heteroatoms. The van der Waals surface area contributed by atoms with Crippen molar-refractivity contribution in [2.45, 2.75) is 192 Å². The van der Waals surface area contributed by atoms with Crippen LogP contribution in [-0.4, -0.2) is 56.9 Å². The number of fused-ring (bicyclic) bond motifs is 5. The van der Waals surface area contributed by atoms with Crippen LogP contribution >= 0.6 is 0 Å². The molecule has 0 aliphatic heterocycles. The number of carbonyl (C=O) groups is 4. The SMILES string of the molecule is CCCCCCCCCCCCCCCCC1CC(O)(C=O)CC2CC(O)(C=O)C3C(CC(O)(C=O)C4(C)C(C(C)CCC(N)=O)CCC34)C12C. The Morgan fingerprint density at radius 1 is 0.745 bits per heavy atom. The molecule has 1 amide bonds. The maximum absolute atomic E-state index is 13.1. The first-order chi connectivity index (χ1) is 24.2. The van der Waals surface area contributed by atoms with Crippen LogP contribution in [-0.2, 0) is 19.2 Å². The fourth-order valence-corrected chi connectivity index (χ4v) is 12.7. The van der Waals surface area contributed by atoms with Gasteiger partial charge >= 0.3 is 0 Å². The number of carbonyl (C=O) groups excluding carboxylic acids is 4. The second kappa shape index (κ2) is 17.7. The zero-order valence-electron chi connectivity index (χ0n) is 32.6. The third kappa shape index (κ3) is 8.53. The third-order valence-corrected chi connectivity index (χ3v) is 15.6. The van der Waals surface area contributed by atoms with Crippen molar-refractivity contribution < 1.29 is 34.5 Å². The van der Waals surface area contributed by atoms with E-state index in [1.807, 2.05) is 6.92 Å². The highest BCUT2D eigenvalue weighted by Gasteiger charge is 2.74. The number of amides is 1. The molecule has 4 rings (SSSR count). The van der Waals surface area contributed by atoms with Gasteiger partial charge in [0.05, 0.1) is 0 Å². The summed E-state index contributed by atoms with van der Waals surface area (Å²) in [6, 6.07) is 0. The first-order valence-corrected chi connectivity index (χ1v) is 21.0. The Hall–Kier alpha value is -1.64. The number of primary amides is 1. The van der Waals surface area contributed by atoms with Gasteiger partial charge in [-0.05, 0) is 92.3 Å². The smallest absolute Gasteiger partial charge is 0.217 e. The zero-order chi connectivity index (χ0) is 37.5. The highest BCUT2D eigenvalue weighted by Crippen LogP contribution is 2.73. The predicted molar refractivity (Wildman–Crippen MR) is 200 cm³/mol. The molecule has 0 radical (unpaired) electrons. The van der Waals surface area contributed by atoms with Crippen LogP contribution in [0, 0.1) is 52.3 Å². The van der Waals surface area contributed by atoms with Gasteiger partial charge in [-0.3, -0.25) is 4.79 Å². The molecular formula is C43H73NO7. The van der Waals surface area contributed by atoms with Crippen molar-refractivity contribution in [2.75, 3.05) is 0 Å². The summed E-state index contributed by atoms with van der Waals surface area (Å²) in [6.07, 6.45) is 23.5. The first kappa shape index (κ1) is 42.1. The average Bonchev–Trinajstić information content (AvgIpc) is 3.47. The quantitative estimate of drug-likeness (QED) is 0.0663. The molecule has 0 aromatic carbocycles. The molecule has 0 spiro atoms. The van der Waals surface area contributed by atoms with Crippen LogP contribution < -0.4 is 5.73 Å². The second-order valence-corrected chi connectivity index (χ2v) is 18.5. The number of aldehydes is 3. The fourth-order valence-electron chi connectivity index (χ4n) is 12.7. The summed E-state index contributed by atoms with van der Waals surface area (Å²) in [6.45, 7) is 8.48. The predicted octanol–water partition coefficient (Wildman–Crippen LogP) is 7.65. The fraction of sp³-hybridized carbons (Fsp3) is 0.907. The number of rotatable bonds is 22. The Labute approximate surface area is 308 Å². The first-order valence-electron chi connectivity index (χ1n) is 21.0. The van der Waals surface area contributed by atoms with Crippen LogP contribution in [0.15, 0.2) is 0 Å². The summed E-state index contributed by atoms with van der Waals surface area (Å²) < 4.78 is 0. The molecule has 0 aromatic heterocycles. The van der Waals surface area contributed by atoms with Gasteiger partial charge in [0, 0.05) is 17.8 Å². The molecule has 51 heavy (non-hydrogen) atoms. The van der Waals surface area contributed by atoms with Crippen molar-refractivity contribution in [1.29, 1.82) is 0 Å². The molecule has 5 N–H and O–H groups in total. The van der Waals surface area contributed by atoms with Crippen LogP contribution in [0.2, 0.25) is 0 Å². The Morgan fingerprint density at radius 3 is 1.82 bits per heavy atom. The second-order valence-electron chi connectivity index (χ2n) is 18.5. The lowest BCUT2D eigenvalue weighted by Crippen LogP contribution is -2.72. The summed E-state index contributed by atoms with van der Waals surface area (Å²) in [5.74, 6) is -1.91. The molecule has 12 atom stereocenters. The normalized spacial score (nSPS) is 40.8. The molecule has 292 valence electrons. The van der Waals surface area contributed by atoms with Crippen LogP contribution in [0.25, 0.3) is 0 Å². The molecule has 8 nitrogen and oxygen atoms in total. The Kier molecular flexibility index (Phi) is 14.6. The molecule has 0 heterocycles. The summed E-state index contributed by atoms with van der Waals surface area (Å²) in [5.41, 5.74) is -0.805. The summed E-state index contributed by atoms with van der Waals surface area (Å²) in [7, 11) is 0. The van der Waals surface area contributed by atoms with Gasteiger partial charge in [-0.15, -0.1) is 0 Å². The van der Waals surface area contributed by atoms with Gasteiger partial charge in [0.2, 0.25) is 5.91 Å². The minimum Gasteiger partial charge on any atom is -0.382 e. The number of hydrogen-bond donors (Lipinski definition) is 4. The molecule has 0 aromatic rings. The Balaban J connectivity index is 1.48. The van der Waals surface area contributed by atoms with Crippen LogP contribution in [0.1, 0.15) is 175 Å². The molecule has 4 saturated carbocycles. The molecule has 0 bridgehead atoms. The lowest BCUT2D eigenvalue weighted by Gasteiger charge is -2.69. The molecule has 4 aliphatic rings. The molecule has 4 aliphatic carbocycles. The lowest BCUT2D eigenvalue weighted by molar-refractivity contribution is -0.267. The van der Waals surface area contributed by atoms with E-state index in [1.165, 1.54) is 70.6 Å². The van der Waals surface area contributed by atoms with E-state index in [1.54, 1.807) is 0 Å². The molecule has 4 fully saturated rings. The van der Waals surface area contributed by atoms with Crippen molar-refractivity contribution in [1.82, 2.24) is 0 Å². The van der Waals surface area contributed by atoms with Crippen molar-refractivity contribution in [2.24, 2.45) is 58.0 Å². The van der Waals surface area contributed by atoms with Gasteiger partial charge in [0.15, 0.2) is 18.9 Å². The van der Waals surface area contributed by atoms with Crippen molar-refractivity contribution in [3.63, 3.8) is 0 Å². The number of hydrogen-bond acceptors (Lipinski definition) is 7. The minimum atomic E-state index is -1.70. The summed E-state index contributed by atoms with van der Waals surface area (Å²) in [4.78, 5) is 50.2. The van der Waals surface area contributed by atoms with Crippen molar-refractivity contribution in [3.8, 4) is 0 Å². The van der Waals surface area contributed by atoms with Crippen molar-refractivity contribution >= 4 is 24.8 Å². The highest BCUT2D eigenvalue weighted by atomic mass is 16.3. The van der Waals surface area contributed by atoms with E-state index < -0.39 is 33.6 Å². The van der Waals surface area contributed by atoms with Gasteiger partial charge in [0.1, 0.15) is 16.8 Å². The maximum Gasteiger partial charge on any atom is 0.217 e. The minimum absolute atomic E-state index is 0.0112. The van der Waals surface area contributed by atoms with E-state index in [0.29, 0.717) is 31.8 Å². The monoisotopic (exact) mass is 716 g/mol. The van der Waals surface area contributed by atoms with E-state index >= 15 is 0 Å². The zero-order valence-corrected chi connectivity index (χ0v) is 32.6. The average molecular weight is 716 g/mol. The van der Waals surface area contributed by atoms with Gasteiger partial charge in [-0.25, -0.2) is 0 Å². The summed E-state index contributed by atoms with van der Waals surface area (Å²) >= 11 is 0. The van der Waals surface area contributed by atoms with Crippen LogP contribution in [0.3, 0.4) is 0 Å². The summed E-state index contributed by atoms with van der Waals surface area (Å²) in [5, 5.41) is 36.3. The van der Waals surface area contributed by atoms with Gasteiger partial charge in [-0.2, -0.15) is 0 Å². The lowest BCUT2D eigenvalue weighted by atomic mass is 9.36. The van der Waals surface area contributed by atoms with E-state index in [0.717, 1.165) is 38.4 Å². The third-order valence-electron chi connectivity index (χ3n) is 15.6. The Bertz CT molecular complexity index is 1180. The van der Waals surface area contributed by atoms with E-state index in [2.05, 4.69) is 20.8 Å². The maximum atomic E-state index is 13.1. The van der Waals surface area contributed by atoms with Gasteiger partial charge < -0.3 is 35.4 Å². The largest absolute Gasteiger partial charge is 0.382 e. The number of nitrogens with two attached hydrogens (primary N) is 1. The van der Waals surface area contributed by atoms with E-state index in [9.17, 15) is 34.5 Å². The van der Waals surface area contributed by atoms with Crippen molar-refractivity contribution in [3.05, 3.63) is 0 Å².